The Hall–Kier alpha value is -0.380. The molecule has 1 aromatic rings. The number of nitrogens with zero attached hydrogens (tertiary/aromatic N) is 1. The zero-order chi connectivity index (χ0) is 11.7. The maximum Gasteiger partial charge on any atom is 0.0465 e. The zero-order valence-corrected chi connectivity index (χ0v) is 11.2. The van der Waals surface area contributed by atoms with Crippen LogP contribution in [0.4, 0.5) is 0 Å². The van der Waals surface area contributed by atoms with Crippen LogP contribution in [0.25, 0.3) is 0 Å². The van der Waals surface area contributed by atoms with E-state index in [2.05, 4.69) is 43.2 Å². The van der Waals surface area contributed by atoms with Crippen LogP contribution in [-0.2, 0) is 0 Å². The summed E-state index contributed by atoms with van der Waals surface area (Å²) >= 11 is 1.87. The molecule has 16 heavy (non-hydrogen) atoms. The molecular formula is C13H22N2S. The molecule has 3 atom stereocenters. The minimum Gasteiger partial charge on any atom is -0.326 e. The molecule has 3 unspecified atom stereocenters. The molecule has 0 radical (unpaired) electrons. The average Bonchev–Trinajstić information content (AvgIpc) is 2.79. The predicted octanol–water partition coefficient (Wildman–Crippen LogP) is 2.72. The molecule has 0 aromatic carbocycles. The molecule has 90 valence electrons. The average molecular weight is 238 g/mol. The van der Waals surface area contributed by atoms with Crippen molar-refractivity contribution in [2.75, 3.05) is 13.1 Å². The van der Waals surface area contributed by atoms with Crippen LogP contribution in [-0.4, -0.2) is 24.0 Å². The van der Waals surface area contributed by atoms with Gasteiger partial charge in [0.1, 0.15) is 0 Å². The van der Waals surface area contributed by atoms with Crippen LogP contribution in [0, 0.1) is 11.8 Å². The van der Waals surface area contributed by atoms with E-state index in [-0.39, 0.29) is 0 Å². The number of hydrogen-bond donors (Lipinski definition) is 1. The number of nitrogens with two attached hydrogens (primary N) is 1. The monoisotopic (exact) mass is 238 g/mol. The van der Waals surface area contributed by atoms with Crippen molar-refractivity contribution >= 4 is 11.3 Å². The lowest BCUT2D eigenvalue weighted by atomic mass is 10.0. The summed E-state index contributed by atoms with van der Waals surface area (Å²) in [6.45, 7) is 9.05. The van der Waals surface area contributed by atoms with Gasteiger partial charge >= 0.3 is 0 Å². The van der Waals surface area contributed by atoms with E-state index in [0.717, 1.165) is 13.1 Å². The maximum atomic E-state index is 6.12. The quantitative estimate of drug-likeness (QED) is 0.877. The van der Waals surface area contributed by atoms with Crippen LogP contribution in [0.15, 0.2) is 17.5 Å². The molecule has 0 saturated carbocycles. The van der Waals surface area contributed by atoms with Crippen molar-refractivity contribution in [3.8, 4) is 0 Å². The van der Waals surface area contributed by atoms with Gasteiger partial charge in [-0.15, -0.1) is 11.3 Å². The third-order valence-electron chi connectivity index (χ3n) is 3.56. The van der Waals surface area contributed by atoms with Gasteiger partial charge < -0.3 is 5.73 Å². The summed E-state index contributed by atoms with van der Waals surface area (Å²) in [5.41, 5.74) is 6.12. The molecule has 1 aromatic heterocycles. The highest BCUT2D eigenvalue weighted by Crippen LogP contribution is 2.34. The normalized spacial score (nSPS) is 28.8. The summed E-state index contributed by atoms with van der Waals surface area (Å²) in [5.74, 6) is 1.28. The molecule has 1 fully saturated rings. The number of likely N-dealkylation sites (tertiary alicyclic amines) is 1. The Morgan fingerprint density at radius 3 is 2.62 bits per heavy atom. The second-order valence-corrected chi connectivity index (χ2v) is 6.28. The Balaban J connectivity index is 2.15. The van der Waals surface area contributed by atoms with Gasteiger partial charge in [0.15, 0.2) is 0 Å². The number of hydrogen-bond acceptors (Lipinski definition) is 3. The summed E-state index contributed by atoms with van der Waals surface area (Å²) < 4.78 is 0. The molecule has 1 aliphatic rings. The molecule has 2 nitrogen and oxygen atoms in total. The van der Waals surface area contributed by atoms with E-state index in [1.807, 2.05) is 11.3 Å². The van der Waals surface area contributed by atoms with E-state index in [9.17, 15) is 0 Å². The molecule has 1 aliphatic heterocycles. The van der Waals surface area contributed by atoms with E-state index >= 15 is 0 Å². The summed E-state index contributed by atoms with van der Waals surface area (Å²) in [4.78, 5) is 4.04. The lowest BCUT2D eigenvalue weighted by Crippen LogP contribution is -2.32. The van der Waals surface area contributed by atoms with Crippen molar-refractivity contribution in [2.45, 2.75) is 32.9 Å². The highest BCUT2D eigenvalue weighted by atomic mass is 32.1. The van der Waals surface area contributed by atoms with Crippen molar-refractivity contribution in [3.05, 3.63) is 22.4 Å². The standard InChI is InChI=1S/C13H22N2S/c1-9(2)13(12-5-4-6-16-12)15-7-10(3)11(14)8-15/h4-6,9-11,13H,7-8,14H2,1-3H3. The molecule has 0 bridgehead atoms. The molecular weight excluding hydrogens is 216 g/mol. The van der Waals surface area contributed by atoms with E-state index in [0.29, 0.717) is 23.9 Å². The Labute approximate surface area is 102 Å². The van der Waals surface area contributed by atoms with Gasteiger partial charge in [0.25, 0.3) is 0 Å². The molecule has 1 saturated heterocycles. The van der Waals surface area contributed by atoms with E-state index < -0.39 is 0 Å². The van der Waals surface area contributed by atoms with Gasteiger partial charge in [0.05, 0.1) is 0 Å². The first-order valence-electron chi connectivity index (χ1n) is 6.12. The lowest BCUT2D eigenvalue weighted by Gasteiger charge is -2.30. The summed E-state index contributed by atoms with van der Waals surface area (Å²) in [6.07, 6.45) is 0. The first kappa shape index (κ1) is 12.1. The van der Waals surface area contributed by atoms with Crippen molar-refractivity contribution < 1.29 is 0 Å². The first-order valence-corrected chi connectivity index (χ1v) is 7.00. The highest BCUT2D eigenvalue weighted by Gasteiger charge is 2.33. The fraction of sp³-hybridized carbons (Fsp3) is 0.692. The largest absolute Gasteiger partial charge is 0.326 e. The van der Waals surface area contributed by atoms with Gasteiger partial charge in [-0.1, -0.05) is 26.8 Å². The Bertz CT molecular complexity index is 311. The van der Waals surface area contributed by atoms with Crippen LogP contribution >= 0.6 is 11.3 Å². The third kappa shape index (κ3) is 2.31. The first-order chi connectivity index (χ1) is 7.59. The van der Waals surface area contributed by atoms with Crippen molar-refractivity contribution in [2.24, 2.45) is 17.6 Å². The van der Waals surface area contributed by atoms with Crippen molar-refractivity contribution in [1.82, 2.24) is 4.90 Å². The summed E-state index contributed by atoms with van der Waals surface area (Å²) in [6, 6.07) is 5.30. The molecule has 2 N–H and O–H groups in total. The highest BCUT2D eigenvalue weighted by molar-refractivity contribution is 7.10. The Morgan fingerprint density at radius 2 is 2.19 bits per heavy atom. The van der Waals surface area contributed by atoms with Crippen molar-refractivity contribution in [3.63, 3.8) is 0 Å². The smallest absolute Gasteiger partial charge is 0.0465 e. The molecule has 0 aliphatic carbocycles. The van der Waals surface area contributed by atoms with Gasteiger partial charge in [-0.3, -0.25) is 4.90 Å². The Morgan fingerprint density at radius 1 is 1.44 bits per heavy atom. The summed E-state index contributed by atoms with van der Waals surface area (Å²) in [5, 5.41) is 2.17. The van der Waals surface area contributed by atoms with Gasteiger partial charge in [0.2, 0.25) is 0 Å². The molecule has 2 rings (SSSR count). The van der Waals surface area contributed by atoms with Crippen LogP contribution in [0.5, 0.6) is 0 Å². The summed E-state index contributed by atoms with van der Waals surface area (Å²) in [7, 11) is 0. The van der Waals surface area contributed by atoms with Crippen LogP contribution in [0.2, 0.25) is 0 Å². The van der Waals surface area contributed by atoms with Crippen LogP contribution in [0.1, 0.15) is 31.7 Å². The van der Waals surface area contributed by atoms with E-state index in [4.69, 9.17) is 5.73 Å². The minimum absolute atomic E-state index is 0.348. The van der Waals surface area contributed by atoms with Gasteiger partial charge in [-0.25, -0.2) is 0 Å². The molecule has 0 amide bonds. The van der Waals surface area contributed by atoms with Gasteiger partial charge in [-0.2, -0.15) is 0 Å². The number of thiophene rings is 1. The molecule has 2 heterocycles. The van der Waals surface area contributed by atoms with Gasteiger partial charge in [0, 0.05) is 30.1 Å². The minimum atomic E-state index is 0.348. The SMILES string of the molecule is CC(C)C(c1cccs1)N1CC(C)C(N)C1. The fourth-order valence-electron chi connectivity index (χ4n) is 2.65. The third-order valence-corrected chi connectivity index (χ3v) is 4.50. The maximum absolute atomic E-state index is 6.12. The molecule has 0 spiro atoms. The van der Waals surface area contributed by atoms with Gasteiger partial charge in [-0.05, 0) is 23.3 Å². The molecule has 3 heteroatoms. The Kier molecular flexibility index (Phi) is 3.67. The zero-order valence-electron chi connectivity index (χ0n) is 10.4. The second kappa shape index (κ2) is 4.86. The fourth-order valence-corrected chi connectivity index (χ4v) is 3.68. The van der Waals surface area contributed by atoms with Crippen LogP contribution in [0.3, 0.4) is 0 Å². The topological polar surface area (TPSA) is 29.3 Å². The predicted molar refractivity (Wildman–Crippen MR) is 70.6 cm³/mol. The van der Waals surface area contributed by atoms with E-state index in [1.54, 1.807) is 0 Å². The van der Waals surface area contributed by atoms with Crippen LogP contribution < -0.4 is 5.73 Å². The van der Waals surface area contributed by atoms with E-state index in [1.165, 1.54) is 4.88 Å². The lowest BCUT2D eigenvalue weighted by molar-refractivity contribution is 0.190. The number of rotatable bonds is 3. The van der Waals surface area contributed by atoms with Crippen molar-refractivity contribution in [1.29, 1.82) is 0 Å². The second-order valence-electron chi connectivity index (χ2n) is 5.30.